The van der Waals surface area contributed by atoms with Crippen molar-refractivity contribution in [3.05, 3.63) is 35.9 Å². The highest BCUT2D eigenvalue weighted by molar-refractivity contribution is 5.87. The summed E-state index contributed by atoms with van der Waals surface area (Å²) in [7, 11) is 1.53. The predicted octanol–water partition coefficient (Wildman–Crippen LogP) is -0.0485. The lowest BCUT2D eigenvalue weighted by atomic mass is 9.79. The van der Waals surface area contributed by atoms with E-state index in [1.165, 1.54) is 13.2 Å². The first-order valence-electron chi connectivity index (χ1n) is 7.60. The predicted molar refractivity (Wildman–Crippen MR) is 85.7 cm³/mol. The van der Waals surface area contributed by atoms with Crippen molar-refractivity contribution in [2.75, 3.05) is 7.11 Å². The Morgan fingerprint density at radius 1 is 1.20 bits per heavy atom. The molecule has 0 bridgehead atoms. The molecule has 0 aliphatic heterocycles. The SMILES string of the molecule is COc1ccc(/C=C/C(=O)O[C@@H]2C[C@](O)(C(=O)O)C[C@@H](O)[C@H]2O)cc1. The number of methoxy groups -OCH3 is 1. The smallest absolute Gasteiger partial charge is 0.335 e. The van der Waals surface area contributed by atoms with Crippen molar-refractivity contribution < 1.29 is 39.5 Å². The van der Waals surface area contributed by atoms with Crippen molar-refractivity contribution in [1.82, 2.24) is 0 Å². The first kappa shape index (κ1) is 18.9. The number of aliphatic hydroxyl groups is 3. The van der Waals surface area contributed by atoms with E-state index in [9.17, 15) is 24.9 Å². The third kappa shape index (κ3) is 4.56. The molecule has 1 aliphatic carbocycles. The molecular formula is C17H20O8. The zero-order valence-corrected chi connectivity index (χ0v) is 13.5. The van der Waals surface area contributed by atoms with Crippen LogP contribution in [0.25, 0.3) is 6.08 Å². The van der Waals surface area contributed by atoms with Gasteiger partial charge in [0.25, 0.3) is 0 Å². The number of carboxylic acids is 1. The van der Waals surface area contributed by atoms with Crippen LogP contribution >= 0.6 is 0 Å². The monoisotopic (exact) mass is 352 g/mol. The second-order valence-corrected chi connectivity index (χ2v) is 5.88. The molecule has 0 unspecified atom stereocenters. The minimum absolute atomic E-state index is 0.511. The molecule has 1 aromatic rings. The fourth-order valence-electron chi connectivity index (χ4n) is 2.61. The highest BCUT2D eigenvalue weighted by atomic mass is 16.6. The third-order valence-electron chi connectivity index (χ3n) is 4.05. The zero-order chi connectivity index (χ0) is 18.6. The van der Waals surface area contributed by atoms with Gasteiger partial charge in [0.15, 0.2) is 5.60 Å². The van der Waals surface area contributed by atoms with Crippen molar-refractivity contribution in [2.24, 2.45) is 0 Å². The van der Waals surface area contributed by atoms with E-state index >= 15 is 0 Å². The molecule has 0 radical (unpaired) electrons. The van der Waals surface area contributed by atoms with E-state index in [2.05, 4.69) is 0 Å². The van der Waals surface area contributed by atoms with E-state index in [-0.39, 0.29) is 0 Å². The van der Waals surface area contributed by atoms with Gasteiger partial charge >= 0.3 is 11.9 Å². The van der Waals surface area contributed by atoms with Crippen molar-refractivity contribution in [3.8, 4) is 5.75 Å². The number of aliphatic hydroxyl groups excluding tert-OH is 2. The van der Waals surface area contributed by atoms with Crippen molar-refractivity contribution in [2.45, 2.75) is 36.8 Å². The van der Waals surface area contributed by atoms with Crippen LogP contribution in [0.4, 0.5) is 0 Å². The molecule has 0 aromatic heterocycles. The molecule has 8 heteroatoms. The summed E-state index contributed by atoms with van der Waals surface area (Å²) in [4.78, 5) is 23.0. The molecular weight excluding hydrogens is 332 g/mol. The number of benzene rings is 1. The topological polar surface area (TPSA) is 134 Å². The lowest BCUT2D eigenvalue weighted by Crippen LogP contribution is -2.57. The zero-order valence-electron chi connectivity index (χ0n) is 13.5. The minimum atomic E-state index is -2.26. The molecule has 25 heavy (non-hydrogen) atoms. The number of rotatable bonds is 5. The van der Waals surface area contributed by atoms with Gasteiger partial charge in [-0.25, -0.2) is 9.59 Å². The highest BCUT2D eigenvalue weighted by Crippen LogP contribution is 2.31. The molecule has 1 fully saturated rings. The fraction of sp³-hybridized carbons (Fsp3) is 0.412. The van der Waals surface area contributed by atoms with Gasteiger partial charge in [-0.3, -0.25) is 0 Å². The number of carbonyl (C=O) groups is 2. The molecule has 0 heterocycles. The minimum Gasteiger partial charge on any atom is -0.497 e. The van der Waals surface area contributed by atoms with Gasteiger partial charge in [-0.15, -0.1) is 0 Å². The molecule has 2 rings (SSSR count). The van der Waals surface area contributed by atoms with Crippen molar-refractivity contribution in [3.63, 3.8) is 0 Å². The lowest BCUT2D eigenvalue weighted by Gasteiger charge is -2.39. The molecule has 0 spiro atoms. The summed E-state index contributed by atoms with van der Waals surface area (Å²) in [5.74, 6) is -1.72. The Morgan fingerprint density at radius 2 is 1.84 bits per heavy atom. The first-order valence-corrected chi connectivity index (χ1v) is 7.60. The maximum absolute atomic E-state index is 11.9. The van der Waals surface area contributed by atoms with E-state index in [0.29, 0.717) is 11.3 Å². The van der Waals surface area contributed by atoms with Gasteiger partial charge in [0, 0.05) is 18.9 Å². The highest BCUT2D eigenvalue weighted by Gasteiger charge is 2.50. The molecule has 4 atom stereocenters. The summed E-state index contributed by atoms with van der Waals surface area (Å²) in [6.07, 6.45) is -2.80. The molecule has 0 amide bonds. The standard InChI is InChI=1S/C17H20O8/c1-24-11-5-2-10(3-6-11)4-7-14(19)25-13-9-17(23,16(21)22)8-12(18)15(13)20/h2-7,12-13,15,18,20,23H,8-9H2,1H3,(H,21,22)/b7-4+/t12-,13-,15-,17+/m1/s1. The van der Waals surface area contributed by atoms with Gasteiger partial charge in [-0.2, -0.15) is 0 Å². The van der Waals surface area contributed by atoms with Crippen molar-refractivity contribution >= 4 is 18.0 Å². The average Bonchev–Trinajstić information content (AvgIpc) is 2.58. The number of carbonyl (C=O) groups excluding carboxylic acids is 1. The molecule has 1 saturated carbocycles. The van der Waals surface area contributed by atoms with Gasteiger partial charge < -0.3 is 29.9 Å². The van der Waals surface area contributed by atoms with Crippen LogP contribution in [0.15, 0.2) is 30.3 Å². The maximum Gasteiger partial charge on any atom is 0.335 e. The van der Waals surface area contributed by atoms with E-state index in [1.54, 1.807) is 24.3 Å². The van der Waals surface area contributed by atoms with E-state index in [0.717, 1.165) is 6.08 Å². The maximum atomic E-state index is 11.9. The summed E-state index contributed by atoms with van der Waals surface area (Å²) < 4.78 is 10.0. The Kier molecular flexibility index (Phi) is 5.78. The summed E-state index contributed by atoms with van der Waals surface area (Å²) in [6.45, 7) is 0. The number of esters is 1. The largest absolute Gasteiger partial charge is 0.497 e. The number of hydrogen-bond acceptors (Lipinski definition) is 7. The third-order valence-corrected chi connectivity index (χ3v) is 4.05. The van der Waals surface area contributed by atoms with Crippen LogP contribution in [-0.4, -0.2) is 63.4 Å². The molecule has 8 nitrogen and oxygen atoms in total. The van der Waals surface area contributed by atoms with Crippen LogP contribution in [0.5, 0.6) is 5.75 Å². The molecule has 136 valence electrons. The average molecular weight is 352 g/mol. The van der Waals surface area contributed by atoms with Crippen LogP contribution in [0, 0.1) is 0 Å². The van der Waals surface area contributed by atoms with E-state index in [1.807, 2.05) is 0 Å². The van der Waals surface area contributed by atoms with Gasteiger partial charge in [0.05, 0.1) is 13.2 Å². The number of ether oxygens (including phenoxy) is 2. The Morgan fingerprint density at radius 3 is 2.40 bits per heavy atom. The van der Waals surface area contributed by atoms with Crippen LogP contribution in [0.2, 0.25) is 0 Å². The van der Waals surface area contributed by atoms with Crippen LogP contribution in [0.1, 0.15) is 18.4 Å². The van der Waals surface area contributed by atoms with E-state index in [4.69, 9.17) is 14.6 Å². The second-order valence-electron chi connectivity index (χ2n) is 5.88. The number of aliphatic carboxylic acids is 1. The van der Waals surface area contributed by atoms with Gasteiger partial charge in [-0.1, -0.05) is 12.1 Å². The summed E-state index contributed by atoms with van der Waals surface area (Å²) >= 11 is 0. The molecule has 1 aliphatic rings. The molecule has 1 aromatic carbocycles. The number of hydrogen-bond donors (Lipinski definition) is 4. The van der Waals surface area contributed by atoms with Crippen LogP contribution in [-0.2, 0) is 14.3 Å². The van der Waals surface area contributed by atoms with E-state index < -0.39 is 48.7 Å². The van der Waals surface area contributed by atoms with Gasteiger partial charge in [0.2, 0.25) is 0 Å². The fourth-order valence-corrected chi connectivity index (χ4v) is 2.61. The van der Waals surface area contributed by atoms with Gasteiger partial charge in [0.1, 0.15) is 18.0 Å². The molecule has 0 saturated heterocycles. The molecule has 4 N–H and O–H groups in total. The lowest BCUT2D eigenvalue weighted by molar-refractivity contribution is -0.196. The van der Waals surface area contributed by atoms with Crippen LogP contribution < -0.4 is 4.74 Å². The summed E-state index contributed by atoms with van der Waals surface area (Å²) in [5, 5.41) is 38.6. The Labute approximate surface area is 143 Å². The Bertz CT molecular complexity index is 653. The van der Waals surface area contributed by atoms with Crippen molar-refractivity contribution in [1.29, 1.82) is 0 Å². The normalized spacial score (nSPS) is 29.4. The summed E-state index contributed by atoms with van der Waals surface area (Å²) in [6, 6.07) is 6.84. The summed E-state index contributed by atoms with van der Waals surface area (Å²) in [5.41, 5.74) is -1.56. The van der Waals surface area contributed by atoms with Crippen LogP contribution in [0.3, 0.4) is 0 Å². The first-order chi connectivity index (χ1) is 11.7. The Hall–Kier alpha value is -2.42. The Balaban J connectivity index is 2.02. The number of carboxylic acid groups (broad SMARTS) is 1. The van der Waals surface area contributed by atoms with Gasteiger partial charge in [-0.05, 0) is 23.8 Å². The quantitative estimate of drug-likeness (QED) is 0.428. The second kappa shape index (κ2) is 7.64.